The molecule has 10 heteroatoms. The van der Waals surface area contributed by atoms with E-state index >= 15 is 0 Å². The number of fused-ring (bicyclic) bond motifs is 5. The summed E-state index contributed by atoms with van der Waals surface area (Å²) in [5.41, 5.74) is 3.21. The summed E-state index contributed by atoms with van der Waals surface area (Å²) < 4.78 is 61.6. The number of hydrogen-bond acceptors (Lipinski definition) is 8. The highest BCUT2D eigenvalue weighted by molar-refractivity contribution is 7.87. The van der Waals surface area contributed by atoms with Gasteiger partial charge in [0.1, 0.15) is 4.90 Å². The third kappa shape index (κ3) is 3.84. The zero-order valence-electron chi connectivity index (χ0n) is 20.4. The lowest BCUT2D eigenvalue weighted by Gasteiger charge is -2.18. The molecule has 2 aliphatic heterocycles. The van der Waals surface area contributed by atoms with Gasteiger partial charge in [0.25, 0.3) is 0 Å². The molecule has 0 saturated carbocycles. The van der Waals surface area contributed by atoms with E-state index in [4.69, 9.17) is 27.9 Å². The monoisotopic (exact) mass is 522 g/mol. The molecule has 1 aromatic heterocycles. The summed E-state index contributed by atoms with van der Waals surface area (Å²) in [7, 11) is 0.167. The van der Waals surface area contributed by atoms with Crippen LogP contribution in [0, 0.1) is 0 Å². The maximum Gasteiger partial charge on any atom is 0.339 e. The summed E-state index contributed by atoms with van der Waals surface area (Å²) in [6, 6.07) is 13.9. The molecule has 0 amide bonds. The van der Waals surface area contributed by atoms with E-state index in [0.717, 1.165) is 28.8 Å². The molecule has 0 bridgehead atoms. The highest BCUT2D eigenvalue weighted by Crippen LogP contribution is 2.42. The molecule has 0 fully saturated rings. The van der Waals surface area contributed by atoms with Crippen LogP contribution in [0.4, 0.5) is 0 Å². The molecule has 3 heterocycles. The SMILES string of the molecule is COc1ccc(S(=O)(=O)Oc2c(OC)ccc3cc4[n+](cc23)CCc2cc3c(cc2-4)OCO3)cc1OC. The number of aryl methyl sites for hydroxylation is 2. The van der Waals surface area contributed by atoms with Gasteiger partial charge in [-0.15, -0.1) is 0 Å². The van der Waals surface area contributed by atoms with Crippen LogP contribution in [-0.2, 0) is 23.1 Å². The lowest BCUT2D eigenvalue weighted by atomic mass is 9.95. The Balaban J connectivity index is 1.46. The average molecular weight is 523 g/mol. The van der Waals surface area contributed by atoms with Crippen LogP contribution in [0.15, 0.2) is 59.6 Å². The van der Waals surface area contributed by atoms with Gasteiger partial charge in [-0.05, 0) is 47.3 Å². The second-order valence-corrected chi connectivity index (χ2v) is 10.2. The van der Waals surface area contributed by atoms with E-state index < -0.39 is 10.1 Å². The van der Waals surface area contributed by atoms with Crippen molar-refractivity contribution in [2.45, 2.75) is 17.9 Å². The minimum absolute atomic E-state index is 0.0696. The molecule has 0 aliphatic carbocycles. The lowest BCUT2D eigenvalue weighted by molar-refractivity contribution is -0.686. The molecular weight excluding hydrogens is 498 g/mol. The van der Waals surface area contributed by atoms with Crippen LogP contribution in [0.1, 0.15) is 5.56 Å². The summed E-state index contributed by atoms with van der Waals surface area (Å²) in [6.07, 6.45) is 2.69. The third-order valence-corrected chi connectivity index (χ3v) is 7.85. The summed E-state index contributed by atoms with van der Waals surface area (Å²) in [6.45, 7) is 0.919. The molecule has 2 aliphatic rings. The van der Waals surface area contributed by atoms with Gasteiger partial charge in [-0.25, -0.2) is 0 Å². The van der Waals surface area contributed by atoms with Gasteiger partial charge in [0.15, 0.2) is 47.2 Å². The van der Waals surface area contributed by atoms with Crippen LogP contribution in [-0.4, -0.2) is 36.5 Å². The Morgan fingerprint density at radius 1 is 0.838 bits per heavy atom. The number of ether oxygens (including phenoxy) is 5. The van der Waals surface area contributed by atoms with E-state index in [1.165, 1.54) is 45.1 Å². The molecule has 0 saturated heterocycles. The van der Waals surface area contributed by atoms with Gasteiger partial charge < -0.3 is 27.9 Å². The van der Waals surface area contributed by atoms with Gasteiger partial charge in [-0.2, -0.15) is 13.0 Å². The summed E-state index contributed by atoms with van der Waals surface area (Å²) in [4.78, 5) is -0.0696. The van der Waals surface area contributed by atoms with E-state index in [2.05, 4.69) is 4.57 Å². The largest absolute Gasteiger partial charge is 0.493 e. The Hall–Kier alpha value is -4.18. The van der Waals surface area contributed by atoms with Crippen LogP contribution >= 0.6 is 0 Å². The first kappa shape index (κ1) is 23.2. The lowest BCUT2D eigenvalue weighted by Crippen LogP contribution is -2.40. The molecule has 3 aromatic carbocycles. The fourth-order valence-electron chi connectivity index (χ4n) is 4.77. The predicted molar refractivity (Wildman–Crippen MR) is 133 cm³/mol. The first-order valence-electron chi connectivity index (χ1n) is 11.6. The molecule has 6 rings (SSSR count). The third-order valence-electron chi connectivity index (χ3n) is 6.63. The van der Waals surface area contributed by atoms with Crippen molar-refractivity contribution in [3.8, 4) is 45.8 Å². The number of pyridine rings is 1. The topological polar surface area (TPSA) is 93.4 Å². The average Bonchev–Trinajstić information content (AvgIpc) is 3.38. The second kappa shape index (κ2) is 8.74. The molecule has 4 aromatic rings. The standard InChI is InChI=1S/C27H24NO8S/c1-31-22-7-5-18(12-24(22)33-3)37(29,30)36-27-20-14-28-9-8-17-11-25-26(35-15-34-25)13-19(17)21(28)10-16(20)4-6-23(27)32-2/h4-7,10-14H,8-9,15H2,1-3H3/q+1. The van der Waals surface area contributed by atoms with Gasteiger partial charge in [0, 0.05) is 18.6 Å². The minimum atomic E-state index is -4.23. The Bertz CT molecular complexity index is 1670. The van der Waals surface area contributed by atoms with Crippen molar-refractivity contribution in [3.63, 3.8) is 0 Å². The molecule has 0 unspecified atom stereocenters. The van der Waals surface area contributed by atoms with Crippen molar-refractivity contribution in [1.82, 2.24) is 0 Å². The van der Waals surface area contributed by atoms with Crippen molar-refractivity contribution in [2.75, 3.05) is 28.1 Å². The molecule has 37 heavy (non-hydrogen) atoms. The van der Waals surface area contributed by atoms with E-state index in [9.17, 15) is 8.42 Å². The predicted octanol–water partition coefficient (Wildman–Crippen LogP) is 3.87. The smallest absolute Gasteiger partial charge is 0.339 e. The molecule has 0 atom stereocenters. The highest BCUT2D eigenvalue weighted by Gasteiger charge is 2.30. The van der Waals surface area contributed by atoms with Crippen molar-refractivity contribution >= 4 is 20.9 Å². The fourth-order valence-corrected chi connectivity index (χ4v) is 5.75. The van der Waals surface area contributed by atoms with Crippen molar-refractivity contribution in [2.24, 2.45) is 0 Å². The van der Waals surface area contributed by atoms with Gasteiger partial charge in [-0.3, -0.25) is 0 Å². The van der Waals surface area contributed by atoms with Crippen LogP contribution in [0.3, 0.4) is 0 Å². The summed E-state index contributed by atoms with van der Waals surface area (Å²) in [5, 5.41) is 1.41. The van der Waals surface area contributed by atoms with Gasteiger partial charge in [-0.1, -0.05) is 0 Å². The first-order valence-corrected chi connectivity index (χ1v) is 13.0. The normalized spacial score (nSPS) is 13.6. The van der Waals surface area contributed by atoms with Crippen LogP contribution < -0.4 is 32.4 Å². The number of nitrogens with zero attached hydrogens (tertiary/aromatic N) is 1. The Kier molecular flexibility index (Phi) is 5.49. The zero-order valence-corrected chi connectivity index (χ0v) is 21.3. The van der Waals surface area contributed by atoms with Crippen LogP contribution in [0.25, 0.3) is 22.0 Å². The van der Waals surface area contributed by atoms with E-state index in [-0.39, 0.29) is 23.2 Å². The van der Waals surface area contributed by atoms with Crippen molar-refractivity contribution in [3.05, 3.63) is 60.3 Å². The Morgan fingerprint density at radius 2 is 1.57 bits per heavy atom. The number of benzene rings is 3. The summed E-state index contributed by atoms with van der Waals surface area (Å²) >= 11 is 0. The van der Waals surface area contributed by atoms with E-state index in [1.807, 2.05) is 30.5 Å². The Morgan fingerprint density at radius 3 is 2.32 bits per heavy atom. The maximum atomic E-state index is 13.3. The van der Waals surface area contributed by atoms with Crippen molar-refractivity contribution < 1.29 is 40.9 Å². The second-order valence-electron chi connectivity index (χ2n) is 8.62. The molecular formula is C27H24NO8S+. The summed E-state index contributed by atoms with van der Waals surface area (Å²) in [5.74, 6) is 2.58. The van der Waals surface area contributed by atoms with Gasteiger partial charge in [0.05, 0.1) is 32.3 Å². The molecule has 0 spiro atoms. The van der Waals surface area contributed by atoms with E-state index in [1.54, 1.807) is 6.07 Å². The number of rotatable bonds is 6. The van der Waals surface area contributed by atoms with Crippen LogP contribution in [0.5, 0.6) is 34.5 Å². The molecule has 0 radical (unpaired) electrons. The number of hydrogen-bond donors (Lipinski definition) is 0. The van der Waals surface area contributed by atoms with Crippen molar-refractivity contribution in [1.29, 1.82) is 0 Å². The zero-order chi connectivity index (χ0) is 25.7. The van der Waals surface area contributed by atoms with Gasteiger partial charge in [0.2, 0.25) is 12.5 Å². The quantitative estimate of drug-likeness (QED) is 0.278. The fraction of sp³-hybridized carbons (Fsp3) is 0.222. The number of aromatic nitrogens is 1. The highest BCUT2D eigenvalue weighted by atomic mass is 32.2. The molecule has 9 nitrogen and oxygen atoms in total. The van der Waals surface area contributed by atoms with Crippen LogP contribution in [0.2, 0.25) is 0 Å². The first-order chi connectivity index (χ1) is 17.9. The maximum absolute atomic E-state index is 13.3. The van der Waals surface area contributed by atoms with E-state index in [0.29, 0.717) is 29.2 Å². The Labute approximate surface area is 213 Å². The number of methoxy groups -OCH3 is 3. The minimum Gasteiger partial charge on any atom is -0.493 e. The molecule has 0 N–H and O–H groups in total. The molecule has 190 valence electrons. The van der Waals surface area contributed by atoms with Gasteiger partial charge >= 0.3 is 10.1 Å².